The Bertz CT molecular complexity index is 811. The predicted octanol–water partition coefficient (Wildman–Crippen LogP) is 6.81. The summed E-state index contributed by atoms with van der Waals surface area (Å²) >= 11 is 0. The molecule has 3 rings (SSSR count). The van der Waals surface area contributed by atoms with Crippen LogP contribution in [0, 0.1) is 0 Å². The molecule has 2 aromatic rings. The number of rotatable bonds is 8. The molecular weight excluding hydrogens is 386 g/mol. The summed E-state index contributed by atoms with van der Waals surface area (Å²) in [4.78, 5) is 2.52. The SMILES string of the molecule is COc1cc2c(cc1O[Si](C(C)C)(C(C)C)C(C)C)CCN(Cc1ccccc1)C2. The summed E-state index contributed by atoms with van der Waals surface area (Å²) in [6.45, 7) is 17.0. The highest BCUT2D eigenvalue weighted by Gasteiger charge is 2.47. The Morgan fingerprint density at radius 3 is 2.03 bits per heavy atom. The molecule has 0 saturated heterocycles. The molecule has 1 heterocycles. The first-order valence-corrected chi connectivity index (χ1v) is 13.6. The van der Waals surface area contributed by atoms with Crippen molar-refractivity contribution in [3.63, 3.8) is 0 Å². The fraction of sp³-hybridized carbons (Fsp3) is 0.538. The summed E-state index contributed by atoms with van der Waals surface area (Å²) in [7, 11) is -0.250. The van der Waals surface area contributed by atoms with Gasteiger partial charge in [-0.3, -0.25) is 4.90 Å². The van der Waals surface area contributed by atoms with Crippen molar-refractivity contribution in [1.29, 1.82) is 0 Å². The highest BCUT2D eigenvalue weighted by Crippen LogP contribution is 2.45. The van der Waals surface area contributed by atoms with Gasteiger partial charge >= 0.3 is 0 Å². The molecule has 0 amide bonds. The Labute approximate surface area is 184 Å². The molecule has 30 heavy (non-hydrogen) atoms. The first-order chi connectivity index (χ1) is 14.3. The van der Waals surface area contributed by atoms with E-state index in [0.29, 0.717) is 16.6 Å². The van der Waals surface area contributed by atoms with Gasteiger partial charge in [0.2, 0.25) is 0 Å². The van der Waals surface area contributed by atoms with Crippen LogP contribution in [-0.2, 0) is 19.5 Å². The number of ether oxygens (including phenoxy) is 1. The molecule has 0 aromatic heterocycles. The van der Waals surface area contributed by atoms with E-state index in [2.05, 4.69) is 88.9 Å². The molecule has 0 unspecified atom stereocenters. The fourth-order valence-electron chi connectivity index (χ4n) is 5.38. The largest absolute Gasteiger partial charge is 0.540 e. The predicted molar refractivity (Wildman–Crippen MR) is 129 cm³/mol. The minimum absolute atomic E-state index is 0.541. The standard InChI is InChI=1S/C26H39NO2Si/c1-19(2)30(20(3)4,21(5)6)29-26-15-23-13-14-27(17-22-11-9-8-10-12-22)18-24(23)16-25(26)28-7/h8-12,15-16,19-21H,13-14,17-18H2,1-7H3. The number of benzene rings is 2. The van der Waals surface area contributed by atoms with Crippen molar-refractivity contribution >= 4 is 8.32 Å². The van der Waals surface area contributed by atoms with Crippen LogP contribution in [0.1, 0.15) is 58.2 Å². The maximum absolute atomic E-state index is 7.00. The van der Waals surface area contributed by atoms with Gasteiger partial charge in [-0.1, -0.05) is 71.9 Å². The monoisotopic (exact) mass is 425 g/mol. The van der Waals surface area contributed by atoms with E-state index in [1.165, 1.54) is 16.7 Å². The van der Waals surface area contributed by atoms with Gasteiger partial charge in [0, 0.05) is 19.6 Å². The topological polar surface area (TPSA) is 21.7 Å². The number of hydrogen-bond acceptors (Lipinski definition) is 3. The van der Waals surface area contributed by atoms with Crippen molar-refractivity contribution in [2.75, 3.05) is 13.7 Å². The summed E-state index contributed by atoms with van der Waals surface area (Å²) in [5, 5.41) is 0. The van der Waals surface area contributed by atoms with E-state index in [-0.39, 0.29) is 0 Å². The average Bonchev–Trinajstić information content (AvgIpc) is 2.71. The van der Waals surface area contributed by atoms with Crippen LogP contribution >= 0.6 is 0 Å². The Morgan fingerprint density at radius 2 is 1.47 bits per heavy atom. The lowest BCUT2D eigenvalue weighted by Gasteiger charge is -2.42. The first kappa shape index (κ1) is 22.9. The van der Waals surface area contributed by atoms with Crippen molar-refractivity contribution in [3.05, 3.63) is 59.2 Å². The number of hydrogen-bond donors (Lipinski definition) is 0. The van der Waals surface area contributed by atoms with E-state index in [1.807, 2.05) is 0 Å². The smallest absolute Gasteiger partial charge is 0.258 e. The maximum Gasteiger partial charge on any atom is 0.258 e. The van der Waals surface area contributed by atoms with Crippen molar-refractivity contribution in [2.45, 2.75) is 77.7 Å². The van der Waals surface area contributed by atoms with Crippen LogP contribution in [-0.4, -0.2) is 26.9 Å². The highest BCUT2D eigenvalue weighted by atomic mass is 28.4. The average molecular weight is 426 g/mol. The van der Waals surface area contributed by atoms with Crippen LogP contribution in [0.3, 0.4) is 0 Å². The van der Waals surface area contributed by atoms with Crippen LogP contribution < -0.4 is 9.16 Å². The van der Waals surface area contributed by atoms with Gasteiger partial charge in [0.15, 0.2) is 5.75 Å². The zero-order valence-electron chi connectivity index (χ0n) is 19.9. The van der Waals surface area contributed by atoms with Gasteiger partial charge in [0.05, 0.1) is 7.11 Å². The van der Waals surface area contributed by atoms with E-state index in [9.17, 15) is 0 Å². The molecule has 0 saturated carbocycles. The number of nitrogens with zero attached hydrogens (tertiary/aromatic N) is 1. The van der Waals surface area contributed by atoms with Crippen molar-refractivity contribution < 1.29 is 9.16 Å². The van der Waals surface area contributed by atoms with E-state index < -0.39 is 8.32 Å². The van der Waals surface area contributed by atoms with Gasteiger partial charge in [0.25, 0.3) is 8.32 Å². The maximum atomic E-state index is 7.00. The molecular formula is C26H39NO2Si. The molecule has 0 spiro atoms. The molecule has 0 aliphatic carbocycles. The quantitative estimate of drug-likeness (QED) is 0.434. The lowest BCUT2D eigenvalue weighted by molar-refractivity contribution is 0.244. The van der Waals surface area contributed by atoms with Crippen molar-refractivity contribution in [3.8, 4) is 11.5 Å². The van der Waals surface area contributed by atoms with E-state index in [1.54, 1.807) is 7.11 Å². The van der Waals surface area contributed by atoms with Gasteiger partial charge in [-0.25, -0.2) is 0 Å². The third-order valence-electron chi connectivity index (χ3n) is 6.82. The van der Waals surface area contributed by atoms with Crippen LogP contribution in [0.15, 0.2) is 42.5 Å². The molecule has 1 aliphatic heterocycles. The van der Waals surface area contributed by atoms with Gasteiger partial charge in [-0.2, -0.15) is 0 Å². The fourth-order valence-corrected chi connectivity index (χ4v) is 10.6. The summed E-state index contributed by atoms with van der Waals surface area (Å²) in [5.41, 5.74) is 5.77. The minimum Gasteiger partial charge on any atom is -0.540 e. The molecule has 2 aromatic carbocycles. The van der Waals surface area contributed by atoms with Gasteiger partial charge < -0.3 is 9.16 Å². The summed E-state index contributed by atoms with van der Waals surface area (Å²) in [6, 6.07) is 15.2. The Kier molecular flexibility index (Phi) is 7.30. The highest BCUT2D eigenvalue weighted by molar-refractivity contribution is 6.78. The molecule has 1 aliphatic rings. The van der Waals surface area contributed by atoms with Crippen molar-refractivity contribution in [1.82, 2.24) is 4.90 Å². The second-order valence-electron chi connectivity index (χ2n) is 9.64. The number of methoxy groups -OCH3 is 1. The van der Waals surface area contributed by atoms with Gasteiger partial charge in [-0.15, -0.1) is 0 Å². The summed E-state index contributed by atoms with van der Waals surface area (Å²) < 4.78 is 12.8. The Morgan fingerprint density at radius 1 is 0.867 bits per heavy atom. The van der Waals surface area contributed by atoms with Crippen LogP contribution in [0.25, 0.3) is 0 Å². The normalized spacial score (nSPS) is 15.0. The summed E-state index contributed by atoms with van der Waals surface area (Å²) in [6.07, 6.45) is 1.06. The van der Waals surface area contributed by atoms with Crippen LogP contribution in [0.5, 0.6) is 11.5 Å². The third kappa shape index (κ3) is 4.60. The lowest BCUT2D eigenvalue weighted by Crippen LogP contribution is -2.50. The molecule has 4 heteroatoms. The molecule has 164 valence electrons. The van der Waals surface area contributed by atoms with Gasteiger partial charge in [-0.05, 0) is 51.9 Å². The second kappa shape index (κ2) is 9.57. The zero-order valence-corrected chi connectivity index (χ0v) is 20.9. The molecule has 0 radical (unpaired) electrons. The molecule has 0 fully saturated rings. The molecule has 0 atom stereocenters. The summed E-state index contributed by atoms with van der Waals surface area (Å²) in [5.74, 6) is 1.84. The molecule has 0 N–H and O–H groups in total. The van der Waals surface area contributed by atoms with E-state index in [4.69, 9.17) is 9.16 Å². The first-order valence-electron chi connectivity index (χ1n) is 11.4. The van der Waals surface area contributed by atoms with Gasteiger partial charge in [0.1, 0.15) is 5.75 Å². The second-order valence-corrected chi connectivity index (χ2v) is 15.0. The van der Waals surface area contributed by atoms with Crippen molar-refractivity contribution in [2.24, 2.45) is 0 Å². The van der Waals surface area contributed by atoms with E-state index in [0.717, 1.165) is 37.6 Å². The molecule has 3 nitrogen and oxygen atoms in total. The van der Waals surface area contributed by atoms with Crippen LogP contribution in [0.4, 0.5) is 0 Å². The Hall–Kier alpha value is -1.78. The van der Waals surface area contributed by atoms with Crippen LogP contribution in [0.2, 0.25) is 16.6 Å². The third-order valence-corrected chi connectivity index (χ3v) is 12.8. The van der Waals surface area contributed by atoms with E-state index >= 15 is 0 Å². The Balaban J connectivity index is 1.87. The minimum atomic E-state index is -2.02. The lowest BCUT2D eigenvalue weighted by atomic mass is 9.98. The number of fused-ring (bicyclic) bond motifs is 1. The molecule has 0 bridgehead atoms. The zero-order chi connectivity index (χ0) is 21.9.